The third-order valence-corrected chi connectivity index (χ3v) is 3.00. The maximum absolute atomic E-state index is 12.0. The first-order valence-corrected chi connectivity index (χ1v) is 5.41. The van der Waals surface area contributed by atoms with Crippen molar-refractivity contribution in [3.05, 3.63) is 6.33 Å². The van der Waals surface area contributed by atoms with E-state index in [2.05, 4.69) is 15.5 Å². The fourth-order valence-electron chi connectivity index (χ4n) is 2.14. The van der Waals surface area contributed by atoms with Crippen molar-refractivity contribution in [2.45, 2.75) is 25.9 Å². The summed E-state index contributed by atoms with van der Waals surface area (Å²) in [6.45, 7) is 3.64. The highest BCUT2D eigenvalue weighted by Crippen LogP contribution is 2.22. The Balaban J connectivity index is 1.95. The van der Waals surface area contributed by atoms with Gasteiger partial charge >= 0.3 is 0 Å². The average molecular weight is 224 g/mol. The molecule has 1 aromatic heterocycles. The number of carbonyl (C=O) groups excluding carboxylic acids is 1. The van der Waals surface area contributed by atoms with Crippen molar-refractivity contribution in [1.82, 2.24) is 25.1 Å². The minimum atomic E-state index is 0.0516. The summed E-state index contributed by atoms with van der Waals surface area (Å²) in [4.78, 5) is 13.8. The molecule has 0 saturated carbocycles. The number of nitrogens with two attached hydrogens (primary N) is 1. The van der Waals surface area contributed by atoms with Gasteiger partial charge in [-0.2, -0.15) is 0 Å². The predicted octanol–water partition coefficient (Wildman–Crippen LogP) is -1.13. The molecule has 88 valence electrons. The van der Waals surface area contributed by atoms with Crippen LogP contribution < -0.4 is 5.73 Å². The topological polar surface area (TPSA) is 89.9 Å². The molecule has 1 aromatic rings. The van der Waals surface area contributed by atoms with E-state index in [1.165, 1.54) is 11.0 Å². The standard InChI is InChI=1S/C9H16N6O/c1-7-2-8(3-10)4-15(7)9(16)5-14-6-11-12-13-14/h6-8H,2-5,10H2,1H3. The molecule has 0 spiro atoms. The maximum atomic E-state index is 12.0. The Morgan fingerprint density at radius 2 is 2.44 bits per heavy atom. The molecule has 2 heterocycles. The second-order valence-electron chi connectivity index (χ2n) is 4.24. The van der Waals surface area contributed by atoms with Crippen LogP contribution in [-0.4, -0.2) is 50.1 Å². The zero-order valence-electron chi connectivity index (χ0n) is 9.28. The highest BCUT2D eigenvalue weighted by molar-refractivity contribution is 5.76. The van der Waals surface area contributed by atoms with Gasteiger partial charge in [0.2, 0.25) is 5.91 Å². The first-order chi connectivity index (χ1) is 7.70. The van der Waals surface area contributed by atoms with E-state index in [-0.39, 0.29) is 18.5 Å². The Morgan fingerprint density at radius 1 is 1.62 bits per heavy atom. The van der Waals surface area contributed by atoms with Crippen molar-refractivity contribution in [1.29, 1.82) is 0 Å². The summed E-state index contributed by atoms with van der Waals surface area (Å²) < 4.78 is 1.44. The maximum Gasteiger partial charge on any atom is 0.244 e. The van der Waals surface area contributed by atoms with Crippen LogP contribution in [-0.2, 0) is 11.3 Å². The summed E-state index contributed by atoms with van der Waals surface area (Å²) in [5.41, 5.74) is 5.62. The number of carbonyl (C=O) groups is 1. The first-order valence-electron chi connectivity index (χ1n) is 5.41. The van der Waals surface area contributed by atoms with Crippen LogP contribution in [0.1, 0.15) is 13.3 Å². The van der Waals surface area contributed by atoms with Crippen LogP contribution in [0.2, 0.25) is 0 Å². The lowest BCUT2D eigenvalue weighted by Crippen LogP contribution is -2.37. The van der Waals surface area contributed by atoms with Crippen molar-refractivity contribution >= 4 is 5.91 Å². The van der Waals surface area contributed by atoms with Crippen LogP contribution in [0.5, 0.6) is 0 Å². The molecule has 7 heteroatoms. The summed E-state index contributed by atoms with van der Waals surface area (Å²) in [5, 5.41) is 10.7. The van der Waals surface area contributed by atoms with Gasteiger partial charge in [-0.1, -0.05) is 0 Å². The lowest BCUT2D eigenvalue weighted by molar-refractivity contribution is -0.132. The van der Waals surface area contributed by atoms with E-state index in [9.17, 15) is 4.79 Å². The van der Waals surface area contributed by atoms with E-state index >= 15 is 0 Å². The molecular formula is C9H16N6O. The number of amides is 1. The molecular weight excluding hydrogens is 208 g/mol. The number of rotatable bonds is 3. The van der Waals surface area contributed by atoms with Gasteiger partial charge < -0.3 is 10.6 Å². The molecule has 2 unspecified atom stereocenters. The van der Waals surface area contributed by atoms with Crippen molar-refractivity contribution in [2.24, 2.45) is 11.7 Å². The smallest absolute Gasteiger partial charge is 0.244 e. The monoisotopic (exact) mass is 224 g/mol. The Kier molecular flexibility index (Phi) is 3.14. The van der Waals surface area contributed by atoms with Gasteiger partial charge in [0.1, 0.15) is 12.9 Å². The fraction of sp³-hybridized carbons (Fsp3) is 0.778. The largest absolute Gasteiger partial charge is 0.338 e. The molecule has 2 rings (SSSR count). The van der Waals surface area contributed by atoms with Crippen LogP contribution in [0, 0.1) is 5.92 Å². The highest BCUT2D eigenvalue weighted by atomic mass is 16.2. The number of nitrogens with zero attached hydrogens (tertiary/aromatic N) is 5. The van der Waals surface area contributed by atoms with Gasteiger partial charge in [0.25, 0.3) is 0 Å². The molecule has 16 heavy (non-hydrogen) atoms. The van der Waals surface area contributed by atoms with Crippen LogP contribution in [0.4, 0.5) is 0 Å². The molecule has 2 N–H and O–H groups in total. The van der Waals surface area contributed by atoms with Gasteiger partial charge in [-0.25, -0.2) is 4.68 Å². The summed E-state index contributed by atoms with van der Waals surface area (Å²) in [5.74, 6) is 0.476. The number of tetrazole rings is 1. The minimum absolute atomic E-state index is 0.0516. The second kappa shape index (κ2) is 4.56. The van der Waals surface area contributed by atoms with Gasteiger partial charge in [0.05, 0.1) is 0 Å². The Labute approximate surface area is 93.6 Å². The number of aromatic nitrogens is 4. The van der Waals surface area contributed by atoms with Gasteiger partial charge in [0, 0.05) is 12.6 Å². The average Bonchev–Trinajstić information content (AvgIpc) is 2.87. The number of hydrogen-bond acceptors (Lipinski definition) is 5. The van der Waals surface area contributed by atoms with E-state index in [4.69, 9.17) is 5.73 Å². The second-order valence-corrected chi connectivity index (χ2v) is 4.24. The number of hydrogen-bond donors (Lipinski definition) is 1. The van der Waals surface area contributed by atoms with Crippen LogP contribution in [0.3, 0.4) is 0 Å². The molecule has 0 aliphatic carbocycles. The van der Waals surface area contributed by atoms with E-state index in [0.717, 1.165) is 13.0 Å². The summed E-state index contributed by atoms with van der Waals surface area (Å²) in [7, 11) is 0. The number of likely N-dealkylation sites (tertiary alicyclic amines) is 1. The third-order valence-electron chi connectivity index (χ3n) is 3.00. The molecule has 1 saturated heterocycles. The van der Waals surface area contributed by atoms with E-state index in [1.807, 2.05) is 11.8 Å². The SMILES string of the molecule is CC1CC(CN)CN1C(=O)Cn1cnnn1. The van der Waals surface area contributed by atoms with Crippen LogP contribution >= 0.6 is 0 Å². The molecule has 1 aliphatic rings. The molecule has 2 atom stereocenters. The lowest BCUT2D eigenvalue weighted by Gasteiger charge is -2.21. The Hall–Kier alpha value is -1.50. The van der Waals surface area contributed by atoms with Crippen molar-refractivity contribution in [3.8, 4) is 0 Å². The minimum Gasteiger partial charge on any atom is -0.338 e. The van der Waals surface area contributed by atoms with E-state index in [0.29, 0.717) is 12.5 Å². The van der Waals surface area contributed by atoms with E-state index < -0.39 is 0 Å². The molecule has 7 nitrogen and oxygen atoms in total. The Morgan fingerprint density at radius 3 is 3.00 bits per heavy atom. The summed E-state index contributed by atoms with van der Waals surface area (Å²) in [6, 6.07) is 0.262. The lowest BCUT2D eigenvalue weighted by atomic mass is 10.1. The quantitative estimate of drug-likeness (QED) is 0.701. The van der Waals surface area contributed by atoms with Gasteiger partial charge in [0.15, 0.2) is 0 Å². The zero-order chi connectivity index (χ0) is 11.5. The van der Waals surface area contributed by atoms with Crippen molar-refractivity contribution in [2.75, 3.05) is 13.1 Å². The first kappa shape index (κ1) is 11.0. The van der Waals surface area contributed by atoms with Gasteiger partial charge in [-0.15, -0.1) is 5.10 Å². The third kappa shape index (κ3) is 2.19. The summed E-state index contributed by atoms with van der Waals surface area (Å²) in [6.07, 6.45) is 2.43. The predicted molar refractivity (Wildman–Crippen MR) is 56.2 cm³/mol. The molecule has 1 amide bonds. The molecule has 1 fully saturated rings. The normalized spacial score (nSPS) is 25.0. The molecule has 0 aromatic carbocycles. The van der Waals surface area contributed by atoms with Crippen molar-refractivity contribution < 1.29 is 4.79 Å². The zero-order valence-corrected chi connectivity index (χ0v) is 9.28. The molecule has 0 bridgehead atoms. The molecule has 1 aliphatic heterocycles. The van der Waals surface area contributed by atoms with Gasteiger partial charge in [-0.05, 0) is 36.2 Å². The Bertz CT molecular complexity index is 351. The van der Waals surface area contributed by atoms with Crippen LogP contribution in [0.15, 0.2) is 6.33 Å². The highest BCUT2D eigenvalue weighted by Gasteiger charge is 2.31. The van der Waals surface area contributed by atoms with E-state index in [1.54, 1.807) is 0 Å². The molecule has 0 radical (unpaired) electrons. The summed E-state index contributed by atoms with van der Waals surface area (Å²) >= 11 is 0. The van der Waals surface area contributed by atoms with Crippen LogP contribution in [0.25, 0.3) is 0 Å². The fourth-order valence-corrected chi connectivity index (χ4v) is 2.14. The van der Waals surface area contributed by atoms with Gasteiger partial charge in [-0.3, -0.25) is 4.79 Å². The van der Waals surface area contributed by atoms with Crippen molar-refractivity contribution in [3.63, 3.8) is 0 Å².